The Kier molecular flexibility index (Phi) is 0.630. The molecule has 2 aliphatic heterocycles. The summed E-state index contributed by atoms with van der Waals surface area (Å²) in [5.41, 5.74) is 6.74. The van der Waals surface area contributed by atoms with E-state index >= 15 is 0 Å². The smallest absolute Gasteiger partial charge is 0.196 e. The van der Waals surface area contributed by atoms with E-state index in [2.05, 4.69) is 16.5 Å². The highest BCUT2D eigenvalue weighted by atomic mass is 32.1. The molecule has 3 unspecified atom stereocenters. The molecule has 44 valence electrons. The number of nitrogens with zero attached hydrogens (tertiary/aromatic N) is 1. The summed E-state index contributed by atoms with van der Waals surface area (Å²) in [4.78, 5) is 0. The zero-order chi connectivity index (χ0) is 5.72. The number of hydrogen-bond acceptors (Lipinski definition) is 2. The second-order valence-corrected chi connectivity index (χ2v) is 2.41. The predicted molar refractivity (Wildman–Crippen MR) is 31.2 cm³/mol. The van der Waals surface area contributed by atoms with Crippen LogP contribution in [0, 0.1) is 0 Å². The summed E-state index contributed by atoms with van der Waals surface area (Å²) >= 11 is 4.79. The minimum atomic E-state index is 0.377. The van der Waals surface area contributed by atoms with Crippen LogP contribution in [0.4, 0.5) is 0 Å². The summed E-state index contributed by atoms with van der Waals surface area (Å²) < 4.78 is 0. The third-order valence-electron chi connectivity index (χ3n) is 1.44. The Bertz CT molecular complexity index is 132. The molecule has 0 saturated carbocycles. The van der Waals surface area contributed by atoms with Crippen LogP contribution in [-0.4, -0.2) is 22.5 Å². The first-order valence-electron chi connectivity index (χ1n) is 2.47. The zero-order valence-electron chi connectivity index (χ0n) is 4.22. The van der Waals surface area contributed by atoms with E-state index in [4.69, 9.17) is 12.2 Å². The molecule has 5 heteroatoms. The van der Waals surface area contributed by atoms with Gasteiger partial charge in [-0.2, -0.15) is 0 Å². The zero-order valence-corrected chi connectivity index (χ0v) is 5.03. The fourth-order valence-corrected chi connectivity index (χ4v) is 1.11. The van der Waals surface area contributed by atoms with Crippen LogP contribution >= 0.6 is 12.2 Å². The molecule has 2 saturated heterocycles. The fraction of sp³-hybridized carbons (Fsp3) is 0.667. The molecule has 3 atom stereocenters. The van der Waals surface area contributed by atoms with Crippen LogP contribution < -0.4 is 16.5 Å². The molecule has 2 rings (SSSR count). The van der Waals surface area contributed by atoms with Crippen molar-refractivity contribution in [3.63, 3.8) is 0 Å². The van der Waals surface area contributed by atoms with E-state index in [1.165, 1.54) is 0 Å². The van der Waals surface area contributed by atoms with Crippen LogP contribution in [0.1, 0.15) is 0 Å². The first-order valence-corrected chi connectivity index (χ1v) is 2.88. The molecular weight excluding hydrogens is 124 g/mol. The van der Waals surface area contributed by atoms with E-state index in [1.54, 1.807) is 0 Å². The summed E-state index contributed by atoms with van der Waals surface area (Å²) in [6.07, 6.45) is 0.754. The summed E-state index contributed by atoms with van der Waals surface area (Å²) in [5.74, 6) is 0. The van der Waals surface area contributed by atoms with E-state index in [9.17, 15) is 0 Å². The third kappa shape index (κ3) is 0.384. The van der Waals surface area contributed by atoms with Gasteiger partial charge in [-0.1, -0.05) is 0 Å². The molecule has 0 spiro atoms. The maximum Gasteiger partial charge on any atom is 0.196 e. The minimum absolute atomic E-state index is 0.377. The molecule has 0 aromatic heterocycles. The van der Waals surface area contributed by atoms with Crippen LogP contribution in [0.5, 0.6) is 0 Å². The monoisotopic (exact) mass is 131 g/mol. The maximum absolute atomic E-state index is 4.79. The number of rotatable bonds is 0. The lowest BCUT2D eigenvalue weighted by atomic mass is 10.7. The van der Waals surface area contributed by atoms with Gasteiger partial charge in [0.2, 0.25) is 0 Å². The average Bonchev–Trinajstić information content (AvgIpc) is 2.29. The lowest BCUT2D eigenvalue weighted by molar-refractivity contribution is -0.402. The Balaban J connectivity index is 2.09. The van der Waals surface area contributed by atoms with Gasteiger partial charge >= 0.3 is 0 Å². The molecule has 4 nitrogen and oxygen atoms in total. The molecule has 0 aliphatic carbocycles. The van der Waals surface area contributed by atoms with Crippen molar-refractivity contribution < 1.29 is 5.73 Å². The predicted octanol–water partition coefficient (Wildman–Crippen LogP) is -2.41. The van der Waals surface area contributed by atoms with Crippen LogP contribution in [0.15, 0.2) is 0 Å². The molecule has 2 fully saturated rings. The lowest BCUT2D eigenvalue weighted by Gasteiger charge is -1.97. The second kappa shape index (κ2) is 1.12. The molecule has 0 bridgehead atoms. The SMILES string of the molecule is [NH3+]C1C2NC(=S)NN12. The normalized spacial score (nSPS) is 49.6. The van der Waals surface area contributed by atoms with Crippen LogP contribution in [0.2, 0.25) is 0 Å². The summed E-state index contributed by atoms with van der Waals surface area (Å²) in [7, 11) is 0. The van der Waals surface area contributed by atoms with Crippen molar-refractivity contribution in [3.05, 3.63) is 0 Å². The first-order chi connectivity index (χ1) is 3.79. The van der Waals surface area contributed by atoms with E-state index in [1.807, 2.05) is 5.01 Å². The van der Waals surface area contributed by atoms with Crippen molar-refractivity contribution in [2.45, 2.75) is 12.3 Å². The highest BCUT2D eigenvalue weighted by Crippen LogP contribution is 2.19. The number of nitrogens with one attached hydrogen (secondary N) is 2. The van der Waals surface area contributed by atoms with Gasteiger partial charge < -0.3 is 11.1 Å². The van der Waals surface area contributed by atoms with Gasteiger partial charge in [0.05, 0.1) is 0 Å². The third-order valence-corrected chi connectivity index (χ3v) is 1.65. The Hall–Kier alpha value is -0.390. The molecule has 8 heavy (non-hydrogen) atoms. The van der Waals surface area contributed by atoms with Gasteiger partial charge in [0.15, 0.2) is 17.4 Å². The molecule has 2 aliphatic rings. The van der Waals surface area contributed by atoms with Crippen molar-refractivity contribution >= 4 is 17.3 Å². The molecule has 0 aromatic carbocycles. The van der Waals surface area contributed by atoms with Gasteiger partial charge in [-0.3, -0.25) is 5.43 Å². The quantitative estimate of drug-likeness (QED) is 0.253. The number of hydrogen-bond donors (Lipinski definition) is 3. The van der Waals surface area contributed by atoms with Gasteiger partial charge in [-0.15, -0.1) is 5.01 Å². The van der Waals surface area contributed by atoms with Gasteiger partial charge in [-0.25, -0.2) is 0 Å². The van der Waals surface area contributed by atoms with E-state index in [-0.39, 0.29) is 0 Å². The maximum atomic E-state index is 4.79. The van der Waals surface area contributed by atoms with E-state index in [0.717, 1.165) is 5.11 Å². The highest BCUT2D eigenvalue weighted by Gasteiger charge is 2.55. The summed E-state index contributed by atoms with van der Waals surface area (Å²) in [5, 5.41) is 5.72. The van der Waals surface area contributed by atoms with Crippen molar-refractivity contribution in [3.8, 4) is 0 Å². The molecule has 0 aromatic rings. The lowest BCUT2D eigenvalue weighted by Crippen LogP contribution is -2.60. The highest BCUT2D eigenvalue weighted by molar-refractivity contribution is 7.80. The minimum Gasteiger partial charge on any atom is -0.338 e. The summed E-state index contributed by atoms with van der Waals surface area (Å²) in [6, 6.07) is 0. The van der Waals surface area contributed by atoms with Crippen molar-refractivity contribution in [2.24, 2.45) is 0 Å². The first kappa shape index (κ1) is 4.49. The second-order valence-electron chi connectivity index (χ2n) is 2.00. The number of quaternary nitrogens is 1. The Labute approximate surface area is 52.0 Å². The Morgan fingerprint density at radius 2 is 2.50 bits per heavy atom. The molecule has 0 amide bonds. The van der Waals surface area contributed by atoms with Gasteiger partial charge in [0.25, 0.3) is 0 Å². The summed E-state index contributed by atoms with van der Waals surface area (Å²) in [6.45, 7) is 0. The average molecular weight is 131 g/mol. The number of thiocarbonyl (C=S) groups is 1. The number of fused-ring (bicyclic) bond motifs is 1. The van der Waals surface area contributed by atoms with Gasteiger partial charge in [0, 0.05) is 0 Å². The van der Waals surface area contributed by atoms with Crippen molar-refractivity contribution in [2.75, 3.05) is 0 Å². The van der Waals surface area contributed by atoms with Crippen molar-refractivity contribution in [1.82, 2.24) is 15.8 Å². The fourth-order valence-electron chi connectivity index (χ4n) is 0.882. The molecule has 2 heterocycles. The molecular formula is C3H7N4S+. The van der Waals surface area contributed by atoms with Crippen molar-refractivity contribution in [1.29, 1.82) is 0 Å². The number of hydrazine groups is 1. The van der Waals surface area contributed by atoms with E-state index in [0.29, 0.717) is 12.3 Å². The molecule has 0 radical (unpaired) electrons. The topological polar surface area (TPSA) is 54.7 Å². The Morgan fingerprint density at radius 3 is 2.88 bits per heavy atom. The van der Waals surface area contributed by atoms with E-state index < -0.39 is 0 Å². The van der Waals surface area contributed by atoms with Gasteiger partial charge in [0.1, 0.15) is 0 Å². The van der Waals surface area contributed by atoms with Gasteiger partial charge in [-0.05, 0) is 12.2 Å². The largest absolute Gasteiger partial charge is 0.338 e. The molecule has 5 N–H and O–H groups in total. The Morgan fingerprint density at radius 1 is 1.75 bits per heavy atom. The standard InChI is InChI=1S/C3H6N4S/c4-1-2-5-3(8)6-7(1)2/h1-2H,4H2,(H2,5,6,8)/p+1. The van der Waals surface area contributed by atoms with Crippen LogP contribution in [0.3, 0.4) is 0 Å². The van der Waals surface area contributed by atoms with Crippen LogP contribution in [-0.2, 0) is 0 Å². The van der Waals surface area contributed by atoms with Crippen LogP contribution in [0.25, 0.3) is 0 Å².